The Labute approximate surface area is 134 Å². The van der Waals surface area contributed by atoms with Gasteiger partial charge in [0.05, 0.1) is 0 Å². The van der Waals surface area contributed by atoms with Gasteiger partial charge in [-0.15, -0.1) is 0 Å². The lowest BCUT2D eigenvalue weighted by molar-refractivity contribution is 0.0884. The van der Waals surface area contributed by atoms with Crippen LogP contribution in [-0.4, -0.2) is 11.9 Å². The Morgan fingerprint density at radius 2 is 2.00 bits per heavy atom. The highest BCUT2D eigenvalue weighted by atomic mass is 16.1. The van der Waals surface area contributed by atoms with E-state index in [9.17, 15) is 4.79 Å². The number of benzene rings is 1. The van der Waals surface area contributed by atoms with Gasteiger partial charge >= 0.3 is 0 Å². The Hall–Kier alpha value is -1.57. The molecule has 3 rings (SSSR count). The summed E-state index contributed by atoms with van der Waals surface area (Å²) in [7, 11) is 0. The van der Waals surface area contributed by atoms with Gasteiger partial charge < -0.3 is 5.32 Å². The van der Waals surface area contributed by atoms with E-state index in [0.29, 0.717) is 17.9 Å². The molecule has 2 heteroatoms. The topological polar surface area (TPSA) is 29.1 Å². The molecule has 1 amide bonds. The van der Waals surface area contributed by atoms with Crippen molar-refractivity contribution < 1.29 is 4.79 Å². The van der Waals surface area contributed by atoms with E-state index in [0.717, 1.165) is 12.0 Å². The van der Waals surface area contributed by atoms with E-state index < -0.39 is 0 Å². The zero-order valence-electron chi connectivity index (χ0n) is 14.1. The lowest BCUT2D eigenvalue weighted by atomic mass is 9.70. The van der Waals surface area contributed by atoms with Gasteiger partial charge in [-0.1, -0.05) is 58.4 Å². The molecule has 0 saturated heterocycles. The second-order valence-electron chi connectivity index (χ2n) is 8.06. The molecule has 1 saturated carbocycles. The van der Waals surface area contributed by atoms with Gasteiger partial charge in [-0.3, -0.25) is 4.79 Å². The third-order valence-corrected chi connectivity index (χ3v) is 4.99. The average Bonchev–Trinajstić information content (AvgIpc) is 2.44. The molecule has 0 radical (unpaired) electrons. The molecule has 1 aromatic rings. The van der Waals surface area contributed by atoms with Crippen LogP contribution in [0, 0.1) is 11.3 Å². The Balaban J connectivity index is 2.00. The number of carbonyl (C=O) groups is 1. The zero-order chi connectivity index (χ0) is 15.9. The number of fused-ring (bicyclic) bond motifs is 3. The van der Waals surface area contributed by atoms with Gasteiger partial charge in [0.15, 0.2) is 0 Å². The number of carbonyl (C=O) groups excluding carboxylic acids is 1. The summed E-state index contributed by atoms with van der Waals surface area (Å²) in [6, 6.07) is 6.64. The number of rotatable bonds is 1. The smallest absolute Gasteiger partial charge is 0.251 e. The summed E-state index contributed by atoms with van der Waals surface area (Å²) < 4.78 is 0. The van der Waals surface area contributed by atoms with Crippen molar-refractivity contribution in [3.8, 4) is 0 Å². The first-order valence-corrected chi connectivity index (χ1v) is 8.49. The lowest BCUT2D eigenvalue weighted by Gasteiger charge is -2.41. The fourth-order valence-electron chi connectivity index (χ4n) is 3.86. The Morgan fingerprint density at radius 3 is 2.73 bits per heavy atom. The average molecular weight is 297 g/mol. The number of nitrogens with one attached hydrogen (secondary N) is 1. The minimum Gasteiger partial charge on any atom is -0.349 e. The van der Waals surface area contributed by atoms with Crippen molar-refractivity contribution in [1.29, 1.82) is 0 Å². The quantitative estimate of drug-likeness (QED) is 0.795. The molecule has 1 aliphatic carbocycles. The van der Waals surface area contributed by atoms with Gasteiger partial charge in [0.2, 0.25) is 0 Å². The molecule has 1 fully saturated rings. The van der Waals surface area contributed by atoms with Gasteiger partial charge in [-0.25, -0.2) is 0 Å². The maximum Gasteiger partial charge on any atom is 0.251 e. The molecule has 2 aliphatic rings. The number of amides is 1. The number of allylic oxidation sites excluding steroid dienone is 1. The van der Waals surface area contributed by atoms with E-state index >= 15 is 0 Å². The van der Waals surface area contributed by atoms with Crippen LogP contribution < -0.4 is 5.32 Å². The molecule has 0 aromatic heterocycles. The van der Waals surface area contributed by atoms with Crippen molar-refractivity contribution in [1.82, 2.24) is 5.32 Å². The Bertz CT molecular complexity index is 609. The second-order valence-corrected chi connectivity index (χ2v) is 8.06. The van der Waals surface area contributed by atoms with Crippen molar-refractivity contribution in [3.05, 3.63) is 41.0 Å². The van der Waals surface area contributed by atoms with Gasteiger partial charge in [0.1, 0.15) is 0 Å². The monoisotopic (exact) mass is 297 g/mol. The molecule has 118 valence electrons. The Kier molecular flexibility index (Phi) is 3.88. The molecule has 0 bridgehead atoms. The van der Waals surface area contributed by atoms with Crippen molar-refractivity contribution >= 4 is 12.0 Å². The van der Waals surface area contributed by atoms with Crippen molar-refractivity contribution in [2.24, 2.45) is 11.3 Å². The van der Waals surface area contributed by atoms with Crippen LogP contribution in [0.4, 0.5) is 0 Å². The van der Waals surface area contributed by atoms with Crippen LogP contribution in [-0.2, 0) is 0 Å². The van der Waals surface area contributed by atoms with Crippen LogP contribution in [0.25, 0.3) is 6.08 Å². The molecule has 3 atom stereocenters. The molecular weight excluding hydrogens is 270 g/mol. The van der Waals surface area contributed by atoms with Crippen molar-refractivity contribution in [2.45, 2.75) is 58.9 Å². The molecule has 1 aromatic carbocycles. The molecule has 0 spiro atoms. The minimum absolute atomic E-state index is 0.108. The third kappa shape index (κ3) is 2.97. The fraction of sp³-hybridized carbons (Fsp3) is 0.550. The summed E-state index contributed by atoms with van der Waals surface area (Å²) in [5, 5.41) is 3.22. The van der Waals surface area contributed by atoms with Crippen molar-refractivity contribution in [3.63, 3.8) is 0 Å². The first-order chi connectivity index (χ1) is 10.3. The lowest BCUT2D eigenvalue weighted by Crippen LogP contribution is -2.48. The summed E-state index contributed by atoms with van der Waals surface area (Å²) in [6.07, 6.45) is 8.02. The van der Waals surface area contributed by atoms with E-state index in [-0.39, 0.29) is 11.3 Å². The first kappa shape index (κ1) is 15.3. The van der Waals surface area contributed by atoms with Gasteiger partial charge in [-0.2, -0.15) is 0 Å². The van der Waals surface area contributed by atoms with Gasteiger partial charge in [-0.05, 0) is 41.4 Å². The highest BCUT2D eigenvalue weighted by molar-refractivity contribution is 5.97. The molecule has 1 aliphatic heterocycles. The third-order valence-electron chi connectivity index (χ3n) is 4.99. The number of hydrogen-bond donors (Lipinski definition) is 1. The normalized spacial score (nSPS) is 28.2. The fourth-order valence-corrected chi connectivity index (χ4v) is 3.86. The van der Waals surface area contributed by atoms with Crippen LogP contribution in [0.3, 0.4) is 0 Å². The van der Waals surface area contributed by atoms with Crippen LogP contribution in [0.1, 0.15) is 74.4 Å². The van der Waals surface area contributed by atoms with Gasteiger partial charge in [0, 0.05) is 17.5 Å². The zero-order valence-corrected chi connectivity index (χ0v) is 14.1. The van der Waals surface area contributed by atoms with Crippen LogP contribution in [0.2, 0.25) is 0 Å². The maximum absolute atomic E-state index is 12.3. The summed E-state index contributed by atoms with van der Waals surface area (Å²) >= 11 is 0. The highest BCUT2D eigenvalue weighted by Gasteiger charge is 2.38. The van der Waals surface area contributed by atoms with E-state index in [4.69, 9.17) is 0 Å². The van der Waals surface area contributed by atoms with E-state index in [1.165, 1.54) is 24.0 Å². The largest absolute Gasteiger partial charge is 0.349 e. The summed E-state index contributed by atoms with van der Waals surface area (Å²) in [4.78, 5) is 12.3. The molecule has 3 unspecified atom stereocenters. The molecular formula is C20H27NO. The SMILES string of the molecule is CC1CCCC2NC(=O)c3ccc(C=CC(C)(C)C)cc3C12. The summed E-state index contributed by atoms with van der Waals surface area (Å²) in [5.74, 6) is 1.22. The maximum atomic E-state index is 12.3. The standard InChI is InChI=1S/C20H27NO/c1-13-6-5-7-17-18(13)16-12-14(10-11-20(2,3)4)8-9-15(16)19(22)21-17/h8-13,17-18H,5-7H2,1-4H3,(H,21,22). The van der Waals surface area contributed by atoms with Crippen LogP contribution in [0.5, 0.6) is 0 Å². The molecule has 1 heterocycles. The van der Waals surface area contributed by atoms with E-state index in [1.807, 2.05) is 6.07 Å². The van der Waals surface area contributed by atoms with E-state index in [2.05, 4.69) is 57.3 Å². The molecule has 1 N–H and O–H groups in total. The predicted octanol–water partition coefficient (Wildman–Crippen LogP) is 4.76. The van der Waals surface area contributed by atoms with Crippen LogP contribution in [0.15, 0.2) is 24.3 Å². The van der Waals surface area contributed by atoms with E-state index in [1.54, 1.807) is 0 Å². The Morgan fingerprint density at radius 1 is 1.23 bits per heavy atom. The van der Waals surface area contributed by atoms with Crippen LogP contribution >= 0.6 is 0 Å². The predicted molar refractivity (Wildman–Crippen MR) is 91.9 cm³/mol. The van der Waals surface area contributed by atoms with Crippen molar-refractivity contribution in [2.75, 3.05) is 0 Å². The highest BCUT2D eigenvalue weighted by Crippen LogP contribution is 2.42. The second kappa shape index (κ2) is 5.57. The summed E-state index contributed by atoms with van der Waals surface area (Å²) in [5.41, 5.74) is 3.52. The molecule has 2 nitrogen and oxygen atoms in total. The first-order valence-electron chi connectivity index (χ1n) is 8.49. The molecule has 22 heavy (non-hydrogen) atoms. The minimum atomic E-state index is 0.108. The summed E-state index contributed by atoms with van der Waals surface area (Å²) in [6.45, 7) is 8.94. The van der Waals surface area contributed by atoms with Gasteiger partial charge in [0.25, 0.3) is 5.91 Å². The number of hydrogen-bond acceptors (Lipinski definition) is 1.